The molecule has 3 N–H and O–H groups in total. The van der Waals surface area contributed by atoms with E-state index in [0.717, 1.165) is 33.4 Å². The van der Waals surface area contributed by atoms with Crippen LogP contribution in [0.1, 0.15) is 16.8 Å². The van der Waals surface area contributed by atoms with Crippen LogP contribution in [-0.2, 0) is 6.54 Å². The molecule has 0 aliphatic rings. The number of nitrogen functional groups attached to an aromatic ring is 1. The monoisotopic (exact) mass is 388 g/mol. The Hall–Kier alpha value is -3.58. The number of benzene rings is 2. The number of aromatic amines is 1. The maximum Gasteiger partial charge on any atom is 0.220 e. The van der Waals surface area contributed by atoms with Crippen LogP contribution in [0.4, 0.5) is 10.3 Å². The summed E-state index contributed by atoms with van der Waals surface area (Å²) in [7, 11) is 3.92. The van der Waals surface area contributed by atoms with E-state index >= 15 is 0 Å². The molecule has 0 atom stereocenters. The Balaban J connectivity index is 1.60. The molecule has 7 heteroatoms. The molecule has 0 spiro atoms. The fourth-order valence-corrected chi connectivity index (χ4v) is 3.20. The first-order valence-electron chi connectivity index (χ1n) is 9.18. The van der Waals surface area contributed by atoms with E-state index in [1.807, 2.05) is 49.3 Å². The number of nitrogens with two attached hydrogens (primary N) is 1. The van der Waals surface area contributed by atoms with Gasteiger partial charge in [0.25, 0.3) is 0 Å². The summed E-state index contributed by atoms with van der Waals surface area (Å²) in [6, 6.07) is 13.0. The lowest BCUT2D eigenvalue weighted by Gasteiger charge is -2.10. The molecule has 0 aliphatic heterocycles. The normalized spacial score (nSPS) is 11.7. The van der Waals surface area contributed by atoms with Crippen LogP contribution >= 0.6 is 0 Å². The molecule has 2 heterocycles. The van der Waals surface area contributed by atoms with Crippen molar-refractivity contribution in [1.29, 1.82) is 0 Å². The van der Waals surface area contributed by atoms with Crippen molar-refractivity contribution in [2.24, 2.45) is 0 Å². The van der Waals surface area contributed by atoms with Crippen LogP contribution in [0.15, 0.2) is 48.7 Å². The van der Waals surface area contributed by atoms with Gasteiger partial charge in [-0.2, -0.15) is 5.10 Å². The number of hydrogen-bond donors (Lipinski definition) is 2. The highest BCUT2D eigenvalue weighted by molar-refractivity contribution is 5.91. The van der Waals surface area contributed by atoms with E-state index in [1.54, 1.807) is 30.5 Å². The summed E-state index contributed by atoms with van der Waals surface area (Å²) < 4.78 is 14.4. The summed E-state index contributed by atoms with van der Waals surface area (Å²) in [5.74, 6) is -0.0152. The number of fused-ring (bicyclic) bond motifs is 1. The summed E-state index contributed by atoms with van der Waals surface area (Å²) in [5.41, 5.74) is 10.4. The van der Waals surface area contributed by atoms with E-state index in [-0.39, 0.29) is 11.8 Å². The van der Waals surface area contributed by atoms with Gasteiger partial charge in [0.2, 0.25) is 5.95 Å². The maximum atomic E-state index is 14.4. The molecule has 0 saturated heterocycles. The first-order chi connectivity index (χ1) is 14.0. The topological polar surface area (TPSA) is 83.7 Å². The molecule has 6 nitrogen and oxygen atoms in total. The second-order valence-corrected chi connectivity index (χ2v) is 7.10. The minimum atomic E-state index is -0.246. The highest BCUT2D eigenvalue weighted by atomic mass is 19.1. The van der Waals surface area contributed by atoms with Gasteiger partial charge in [0.1, 0.15) is 5.82 Å². The molecule has 29 heavy (non-hydrogen) atoms. The van der Waals surface area contributed by atoms with Crippen molar-refractivity contribution in [3.8, 4) is 11.3 Å². The van der Waals surface area contributed by atoms with Gasteiger partial charge in [-0.1, -0.05) is 18.2 Å². The number of aromatic nitrogens is 4. The van der Waals surface area contributed by atoms with Gasteiger partial charge in [-0.05, 0) is 56.1 Å². The van der Waals surface area contributed by atoms with Crippen LogP contribution in [0.2, 0.25) is 0 Å². The molecule has 4 rings (SSSR count). The number of halogens is 1. The molecule has 0 unspecified atom stereocenters. The first-order valence-corrected chi connectivity index (χ1v) is 9.18. The van der Waals surface area contributed by atoms with Crippen LogP contribution in [0.5, 0.6) is 0 Å². The Labute approximate surface area is 167 Å². The predicted molar refractivity (Wildman–Crippen MR) is 114 cm³/mol. The van der Waals surface area contributed by atoms with Gasteiger partial charge in [0.15, 0.2) is 0 Å². The molecule has 0 saturated carbocycles. The molecule has 0 amide bonds. The fourth-order valence-electron chi connectivity index (χ4n) is 3.20. The molecule has 146 valence electrons. The Morgan fingerprint density at radius 1 is 1.10 bits per heavy atom. The van der Waals surface area contributed by atoms with Gasteiger partial charge in [-0.3, -0.25) is 5.10 Å². The number of rotatable bonds is 5. The van der Waals surface area contributed by atoms with Crippen molar-refractivity contribution >= 4 is 29.0 Å². The van der Waals surface area contributed by atoms with Gasteiger partial charge < -0.3 is 10.6 Å². The molecule has 0 aliphatic carbocycles. The third-order valence-electron chi connectivity index (χ3n) is 4.55. The van der Waals surface area contributed by atoms with Crippen LogP contribution in [0, 0.1) is 5.82 Å². The van der Waals surface area contributed by atoms with E-state index in [2.05, 4.69) is 20.2 Å². The molecular weight excluding hydrogens is 367 g/mol. The average molecular weight is 388 g/mol. The molecular formula is C22H21FN6. The molecule has 0 fully saturated rings. The third kappa shape index (κ3) is 4.14. The maximum absolute atomic E-state index is 14.4. The van der Waals surface area contributed by atoms with Crippen molar-refractivity contribution in [2.75, 3.05) is 19.8 Å². The van der Waals surface area contributed by atoms with Crippen LogP contribution < -0.4 is 5.73 Å². The van der Waals surface area contributed by atoms with E-state index < -0.39 is 0 Å². The molecule has 2 aromatic carbocycles. The van der Waals surface area contributed by atoms with Gasteiger partial charge in [0, 0.05) is 29.3 Å². The highest BCUT2D eigenvalue weighted by Crippen LogP contribution is 2.25. The third-order valence-corrected chi connectivity index (χ3v) is 4.55. The second-order valence-electron chi connectivity index (χ2n) is 7.10. The Morgan fingerprint density at radius 2 is 1.97 bits per heavy atom. The van der Waals surface area contributed by atoms with Gasteiger partial charge >= 0.3 is 0 Å². The average Bonchev–Trinajstić information content (AvgIpc) is 3.09. The summed E-state index contributed by atoms with van der Waals surface area (Å²) in [6.45, 7) is 0.700. The number of hydrogen-bond acceptors (Lipinski definition) is 5. The zero-order valence-electron chi connectivity index (χ0n) is 16.2. The first kappa shape index (κ1) is 18.8. The number of anilines is 1. The minimum Gasteiger partial charge on any atom is -0.368 e. The Kier molecular flexibility index (Phi) is 5.05. The lowest BCUT2D eigenvalue weighted by molar-refractivity contribution is 0.401. The Bertz CT molecular complexity index is 1200. The summed E-state index contributed by atoms with van der Waals surface area (Å²) in [4.78, 5) is 10.2. The molecule has 0 bridgehead atoms. The van der Waals surface area contributed by atoms with E-state index in [0.29, 0.717) is 12.1 Å². The zero-order chi connectivity index (χ0) is 20.4. The number of H-pyrrole nitrogens is 1. The quantitative estimate of drug-likeness (QED) is 0.540. The molecule has 4 aromatic rings. The summed E-state index contributed by atoms with van der Waals surface area (Å²) in [5, 5.41) is 8.31. The Morgan fingerprint density at radius 3 is 2.72 bits per heavy atom. The van der Waals surface area contributed by atoms with Crippen LogP contribution in [0.25, 0.3) is 34.3 Å². The van der Waals surface area contributed by atoms with E-state index in [9.17, 15) is 4.39 Å². The highest BCUT2D eigenvalue weighted by Gasteiger charge is 2.08. The van der Waals surface area contributed by atoms with Gasteiger partial charge in [-0.25, -0.2) is 14.4 Å². The summed E-state index contributed by atoms with van der Waals surface area (Å²) in [6.07, 6.45) is 5.18. The number of nitrogens with one attached hydrogen (secondary N) is 1. The van der Waals surface area contributed by atoms with Crippen molar-refractivity contribution in [1.82, 2.24) is 25.1 Å². The van der Waals surface area contributed by atoms with Crippen molar-refractivity contribution < 1.29 is 4.39 Å². The molecule has 0 radical (unpaired) electrons. The largest absolute Gasteiger partial charge is 0.368 e. The van der Waals surface area contributed by atoms with E-state index in [1.165, 1.54) is 0 Å². The van der Waals surface area contributed by atoms with Gasteiger partial charge in [0.05, 0.1) is 16.9 Å². The minimum absolute atomic E-state index is 0.231. The second kappa shape index (κ2) is 7.81. The van der Waals surface area contributed by atoms with E-state index in [4.69, 9.17) is 5.73 Å². The predicted octanol–water partition coefficient (Wildman–Crippen LogP) is 3.97. The standard InChI is InChI=1S/C22H21FN6/c1-29(2)13-14-3-4-15(18(23)11-14)6-8-20-17-7-5-16(12-21(17)28-27-20)19-9-10-25-22(24)26-19/h3-12H,13H2,1-2H3,(H,27,28)(H2,24,25,26). The van der Waals surface area contributed by atoms with Crippen molar-refractivity contribution in [2.45, 2.75) is 6.54 Å². The smallest absolute Gasteiger partial charge is 0.220 e. The van der Waals surface area contributed by atoms with Crippen LogP contribution in [-0.4, -0.2) is 39.2 Å². The van der Waals surface area contributed by atoms with Gasteiger partial charge in [-0.15, -0.1) is 0 Å². The van der Waals surface area contributed by atoms with Crippen molar-refractivity contribution in [3.63, 3.8) is 0 Å². The van der Waals surface area contributed by atoms with Crippen molar-refractivity contribution in [3.05, 3.63) is 71.3 Å². The summed E-state index contributed by atoms with van der Waals surface area (Å²) >= 11 is 0. The SMILES string of the molecule is CN(C)Cc1ccc(C=Cc2n[nH]c3cc(-c4ccnc(N)n4)ccc23)c(F)c1. The lowest BCUT2D eigenvalue weighted by atomic mass is 10.1. The molecule has 2 aromatic heterocycles. The fraction of sp³-hybridized carbons (Fsp3) is 0.136. The number of nitrogens with zero attached hydrogens (tertiary/aromatic N) is 4. The van der Waals surface area contributed by atoms with Crippen LogP contribution in [0.3, 0.4) is 0 Å². The lowest BCUT2D eigenvalue weighted by Crippen LogP contribution is -2.10. The zero-order valence-corrected chi connectivity index (χ0v) is 16.2.